The molecule has 0 saturated heterocycles. The van der Waals surface area contributed by atoms with Gasteiger partial charge in [-0.3, -0.25) is 0 Å². The molecule has 0 aromatic carbocycles. The van der Waals surface area contributed by atoms with Crippen LogP contribution in [-0.4, -0.2) is 12.6 Å². The van der Waals surface area contributed by atoms with Crippen molar-refractivity contribution in [2.24, 2.45) is 23.2 Å². The second kappa shape index (κ2) is 4.67. The molecule has 0 aliphatic heterocycles. The summed E-state index contributed by atoms with van der Waals surface area (Å²) in [6.45, 7) is 9.80. The summed E-state index contributed by atoms with van der Waals surface area (Å²) in [4.78, 5) is 0. The van der Waals surface area contributed by atoms with Crippen LogP contribution in [0, 0.1) is 23.2 Å². The van der Waals surface area contributed by atoms with E-state index in [1.807, 2.05) is 0 Å². The van der Waals surface area contributed by atoms with Crippen molar-refractivity contribution in [3.63, 3.8) is 0 Å². The van der Waals surface area contributed by atoms with Crippen LogP contribution in [0.4, 0.5) is 0 Å². The zero-order chi connectivity index (χ0) is 12.8. The van der Waals surface area contributed by atoms with Gasteiger partial charge in [0.2, 0.25) is 0 Å². The standard InChI is InChI=1S/C17H29N/c1-4-12(2)11-18-13(3)17-8-14-5-15(9-17)7-16(6-14)10-17/h13-16,18H,2,4-11H2,1,3H3. The highest BCUT2D eigenvalue weighted by atomic mass is 14.9. The van der Waals surface area contributed by atoms with Crippen LogP contribution in [0.15, 0.2) is 12.2 Å². The zero-order valence-electron chi connectivity index (χ0n) is 12.2. The first-order valence-corrected chi connectivity index (χ1v) is 8.01. The third-order valence-electron chi connectivity index (χ3n) is 6.16. The molecule has 18 heavy (non-hydrogen) atoms. The molecule has 0 spiro atoms. The largest absolute Gasteiger partial charge is 0.310 e. The van der Waals surface area contributed by atoms with Gasteiger partial charge in [0.1, 0.15) is 0 Å². The van der Waals surface area contributed by atoms with Crippen molar-refractivity contribution in [3.8, 4) is 0 Å². The van der Waals surface area contributed by atoms with E-state index in [2.05, 4.69) is 25.7 Å². The molecule has 4 saturated carbocycles. The first-order valence-electron chi connectivity index (χ1n) is 8.01. The Hall–Kier alpha value is -0.300. The van der Waals surface area contributed by atoms with Crippen molar-refractivity contribution in [1.82, 2.24) is 5.32 Å². The summed E-state index contributed by atoms with van der Waals surface area (Å²) in [5.41, 5.74) is 1.99. The summed E-state index contributed by atoms with van der Waals surface area (Å²) in [6.07, 6.45) is 10.3. The molecule has 0 heterocycles. The van der Waals surface area contributed by atoms with E-state index in [9.17, 15) is 0 Å². The Labute approximate surface area is 112 Å². The molecule has 102 valence electrons. The predicted molar refractivity (Wildman–Crippen MR) is 77.5 cm³/mol. The SMILES string of the molecule is C=C(CC)CNC(C)C12CC3CC(CC(C3)C1)C2. The topological polar surface area (TPSA) is 12.0 Å². The monoisotopic (exact) mass is 247 g/mol. The maximum atomic E-state index is 4.13. The lowest BCUT2D eigenvalue weighted by Crippen LogP contribution is -2.55. The smallest absolute Gasteiger partial charge is 0.0164 e. The Morgan fingerprint density at radius 3 is 2.11 bits per heavy atom. The van der Waals surface area contributed by atoms with Crippen LogP contribution >= 0.6 is 0 Å². The fraction of sp³-hybridized carbons (Fsp3) is 0.882. The van der Waals surface area contributed by atoms with Gasteiger partial charge in [-0.15, -0.1) is 0 Å². The Morgan fingerprint density at radius 2 is 1.67 bits per heavy atom. The molecule has 4 rings (SSSR count). The van der Waals surface area contributed by atoms with E-state index in [0.717, 1.165) is 30.7 Å². The molecule has 1 atom stereocenters. The minimum Gasteiger partial charge on any atom is -0.310 e. The minimum atomic E-state index is 0.642. The Kier molecular flexibility index (Phi) is 3.30. The summed E-state index contributed by atoms with van der Waals surface area (Å²) in [5.74, 6) is 3.19. The zero-order valence-corrected chi connectivity index (χ0v) is 12.2. The van der Waals surface area contributed by atoms with E-state index in [0.29, 0.717) is 11.5 Å². The molecule has 1 N–H and O–H groups in total. The molecule has 4 fully saturated rings. The first kappa shape index (κ1) is 12.7. The summed E-state index contributed by atoms with van der Waals surface area (Å²) >= 11 is 0. The summed E-state index contributed by atoms with van der Waals surface area (Å²) in [7, 11) is 0. The number of rotatable bonds is 5. The highest BCUT2D eigenvalue weighted by molar-refractivity contribution is 5.06. The molecule has 0 aromatic heterocycles. The summed E-state index contributed by atoms with van der Waals surface area (Å²) in [5, 5.41) is 3.79. The maximum Gasteiger partial charge on any atom is 0.0164 e. The molecular formula is C17H29N. The fourth-order valence-corrected chi connectivity index (χ4v) is 5.35. The van der Waals surface area contributed by atoms with Gasteiger partial charge in [-0.25, -0.2) is 0 Å². The van der Waals surface area contributed by atoms with E-state index >= 15 is 0 Å². The highest BCUT2D eigenvalue weighted by Crippen LogP contribution is 2.61. The van der Waals surface area contributed by atoms with Gasteiger partial charge in [-0.05, 0) is 75.0 Å². The lowest BCUT2D eigenvalue weighted by molar-refractivity contribution is -0.0699. The van der Waals surface area contributed by atoms with Crippen molar-refractivity contribution < 1.29 is 0 Å². The third kappa shape index (κ3) is 2.15. The third-order valence-corrected chi connectivity index (χ3v) is 6.16. The normalized spacial score (nSPS) is 43.1. The highest BCUT2D eigenvalue weighted by Gasteiger charge is 2.52. The van der Waals surface area contributed by atoms with Crippen LogP contribution in [-0.2, 0) is 0 Å². The van der Waals surface area contributed by atoms with Gasteiger partial charge < -0.3 is 5.32 Å². The van der Waals surface area contributed by atoms with Crippen LogP contribution in [0.3, 0.4) is 0 Å². The maximum absolute atomic E-state index is 4.13. The van der Waals surface area contributed by atoms with Gasteiger partial charge in [0.05, 0.1) is 0 Å². The molecule has 1 heteroatoms. The fourth-order valence-electron chi connectivity index (χ4n) is 5.35. The van der Waals surface area contributed by atoms with Crippen LogP contribution in [0.5, 0.6) is 0 Å². The second-order valence-corrected chi connectivity index (χ2v) is 7.49. The number of hydrogen-bond acceptors (Lipinski definition) is 1. The first-order chi connectivity index (χ1) is 8.61. The van der Waals surface area contributed by atoms with Crippen molar-refractivity contribution in [3.05, 3.63) is 12.2 Å². The second-order valence-electron chi connectivity index (χ2n) is 7.49. The minimum absolute atomic E-state index is 0.642. The van der Waals surface area contributed by atoms with Crippen LogP contribution in [0.2, 0.25) is 0 Å². The molecule has 4 bridgehead atoms. The Bertz CT molecular complexity index is 295. The summed E-state index contributed by atoms with van der Waals surface area (Å²) < 4.78 is 0. The Morgan fingerprint density at radius 1 is 1.17 bits per heavy atom. The molecule has 1 nitrogen and oxygen atoms in total. The van der Waals surface area contributed by atoms with E-state index in [4.69, 9.17) is 0 Å². The van der Waals surface area contributed by atoms with Crippen molar-refractivity contribution in [2.75, 3.05) is 6.54 Å². The Balaban J connectivity index is 1.65. The molecule has 4 aliphatic carbocycles. The van der Waals surface area contributed by atoms with Gasteiger partial charge in [-0.1, -0.05) is 19.1 Å². The lowest BCUT2D eigenvalue weighted by Gasteiger charge is -2.59. The van der Waals surface area contributed by atoms with Gasteiger partial charge in [0, 0.05) is 12.6 Å². The van der Waals surface area contributed by atoms with Crippen LogP contribution in [0.1, 0.15) is 58.8 Å². The molecule has 4 aliphatic rings. The molecule has 0 radical (unpaired) electrons. The molecule has 1 unspecified atom stereocenters. The van der Waals surface area contributed by atoms with Gasteiger partial charge in [-0.2, -0.15) is 0 Å². The number of hydrogen-bond donors (Lipinski definition) is 1. The number of nitrogens with one attached hydrogen (secondary N) is 1. The quantitative estimate of drug-likeness (QED) is 0.720. The van der Waals surface area contributed by atoms with E-state index in [-0.39, 0.29) is 0 Å². The van der Waals surface area contributed by atoms with E-state index in [1.165, 1.54) is 24.8 Å². The van der Waals surface area contributed by atoms with Crippen LogP contribution < -0.4 is 5.32 Å². The average Bonchev–Trinajstić information content (AvgIpc) is 2.33. The van der Waals surface area contributed by atoms with E-state index in [1.54, 1.807) is 19.3 Å². The predicted octanol–water partition coefficient (Wildman–Crippen LogP) is 4.15. The lowest BCUT2D eigenvalue weighted by atomic mass is 9.48. The molecular weight excluding hydrogens is 218 g/mol. The van der Waals surface area contributed by atoms with Gasteiger partial charge >= 0.3 is 0 Å². The molecule has 0 amide bonds. The van der Waals surface area contributed by atoms with Crippen molar-refractivity contribution >= 4 is 0 Å². The molecule has 0 aromatic rings. The average molecular weight is 247 g/mol. The van der Waals surface area contributed by atoms with Crippen molar-refractivity contribution in [2.45, 2.75) is 64.8 Å². The van der Waals surface area contributed by atoms with Crippen LogP contribution in [0.25, 0.3) is 0 Å². The van der Waals surface area contributed by atoms with Gasteiger partial charge in [0.15, 0.2) is 0 Å². The summed E-state index contributed by atoms with van der Waals surface area (Å²) in [6, 6.07) is 0.689. The van der Waals surface area contributed by atoms with Gasteiger partial charge in [0.25, 0.3) is 0 Å². The van der Waals surface area contributed by atoms with E-state index < -0.39 is 0 Å². The van der Waals surface area contributed by atoms with Crippen molar-refractivity contribution in [1.29, 1.82) is 0 Å².